The van der Waals surface area contributed by atoms with Crippen LogP contribution < -0.4 is 9.47 Å². The lowest BCUT2D eigenvalue weighted by atomic mass is 10.0. The van der Waals surface area contributed by atoms with E-state index < -0.39 is 5.97 Å². The molecule has 0 radical (unpaired) electrons. The summed E-state index contributed by atoms with van der Waals surface area (Å²) in [6, 6.07) is 7.26. The van der Waals surface area contributed by atoms with Gasteiger partial charge in [0.1, 0.15) is 11.5 Å². The van der Waals surface area contributed by atoms with Crippen molar-refractivity contribution in [2.75, 3.05) is 27.6 Å². The fraction of sp³-hybridized carbons (Fsp3) is 0.333. The van der Waals surface area contributed by atoms with Gasteiger partial charge in [0.25, 0.3) is 0 Å². The summed E-state index contributed by atoms with van der Waals surface area (Å²) in [5.74, 6) is 0.793. The number of ether oxygens (including phenoxy) is 4. The van der Waals surface area contributed by atoms with Gasteiger partial charge in [0.15, 0.2) is 6.79 Å². The van der Waals surface area contributed by atoms with Crippen molar-refractivity contribution in [3.63, 3.8) is 0 Å². The fourth-order valence-electron chi connectivity index (χ4n) is 2.30. The maximum Gasteiger partial charge on any atom is 0.340 e. The summed E-state index contributed by atoms with van der Waals surface area (Å²) < 4.78 is 20.7. The van der Waals surface area contributed by atoms with E-state index in [1.165, 1.54) is 0 Å². The zero-order valence-corrected chi connectivity index (χ0v) is 14.3. The first-order chi connectivity index (χ1) is 11.6. The minimum Gasteiger partial charge on any atom is -0.495 e. The van der Waals surface area contributed by atoms with E-state index in [9.17, 15) is 4.79 Å². The van der Waals surface area contributed by atoms with Crippen molar-refractivity contribution >= 4 is 5.97 Å². The topological polar surface area (TPSA) is 66.9 Å². The highest BCUT2D eigenvalue weighted by molar-refractivity contribution is 5.98. The molecular weight excluding hydrogens is 310 g/mol. The lowest BCUT2D eigenvalue weighted by molar-refractivity contribution is 0.0511. The number of methoxy groups -OCH3 is 2. The molecule has 0 spiro atoms. The van der Waals surface area contributed by atoms with Crippen LogP contribution in [0.4, 0.5) is 0 Å². The predicted octanol–water partition coefficient (Wildman–Crippen LogP) is 3.23. The minimum absolute atomic E-state index is 0.174. The first kappa shape index (κ1) is 17.7. The molecule has 0 fully saturated rings. The Kier molecular flexibility index (Phi) is 6.14. The number of hydrogen-bond donors (Lipinski definition) is 0. The number of esters is 1. The Labute approximate surface area is 141 Å². The van der Waals surface area contributed by atoms with E-state index in [1.807, 2.05) is 19.1 Å². The number of pyridine rings is 1. The highest BCUT2D eigenvalue weighted by Crippen LogP contribution is 2.31. The number of nitrogens with zero attached hydrogens (tertiary/aromatic N) is 1. The van der Waals surface area contributed by atoms with E-state index in [2.05, 4.69) is 4.98 Å². The Hall–Kier alpha value is -2.60. The summed E-state index contributed by atoms with van der Waals surface area (Å²) in [6.07, 6.45) is 1.60. The summed E-state index contributed by atoms with van der Waals surface area (Å²) in [5.41, 5.74) is 2.43. The molecule has 6 nitrogen and oxygen atoms in total. The van der Waals surface area contributed by atoms with Crippen LogP contribution in [0, 0.1) is 6.92 Å². The van der Waals surface area contributed by atoms with Gasteiger partial charge in [-0.25, -0.2) is 4.79 Å². The average Bonchev–Trinajstić information content (AvgIpc) is 2.60. The minimum atomic E-state index is -0.420. The first-order valence-electron chi connectivity index (χ1n) is 7.55. The third-order valence-corrected chi connectivity index (χ3v) is 3.46. The molecule has 128 valence electrons. The molecule has 2 rings (SSSR count). The van der Waals surface area contributed by atoms with Crippen LogP contribution in [0.1, 0.15) is 22.8 Å². The second-order valence-electron chi connectivity index (χ2n) is 4.97. The quantitative estimate of drug-likeness (QED) is 0.573. The zero-order chi connectivity index (χ0) is 17.5. The van der Waals surface area contributed by atoms with Crippen LogP contribution in [0.3, 0.4) is 0 Å². The lowest BCUT2D eigenvalue weighted by Crippen LogP contribution is -2.11. The molecule has 2 aromatic rings. The van der Waals surface area contributed by atoms with Gasteiger partial charge >= 0.3 is 5.97 Å². The SMILES string of the molecule is CCOC(=O)c1c(-c2ccc(OCOC)cc2)ncc(OC)c1C. The molecule has 1 aromatic heterocycles. The van der Waals surface area contributed by atoms with Crippen molar-refractivity contribution in [2.24, 2.45) is 0 Å². The Morgan fingerprint density at radius 1 is 1.17 bits per heavy atom. The first-order valence-corrected chi connectivity index (χ1v) is 7.55. The van der Waals surface area contributed by atoms with Crippen molar-refractivity contribution in [3.05, 3.63) is 41.6 Å². The van der Waals surface area contributed by atoms with Crippen molar-refractivity contribution in [1.82, 2.24) is 4.98 Å². The molecule has 1 heterocycles. The van der Waals surface area contributed by atoms with Gasteiger partial charge in [0, 0.05) is 18.2 Å². The van der Waals surface area contributed by atoms with Crippen LogP contribution in [-0.4, -0.2) is 38.6 Å². The number of aromatic nitrogens is 1. The summed E-state index contributed by atoms with van der Waals surface area (Å²) in [6.45, 7) is 4.04. The molecule has 0 bridgehead atoms. The highest BCUT2D eigenvalue weighted by Gasteiger charge is 2.21. The molecule has 0 saturated carbocycles. The fourth-order valence-corrected chi connectivity index (χ4v) is 2.30. The standard InChI is InChI=1S/C18H21NO5/c1-5-23-18(20)16-12(2)15(22-4)10-19-17(16)13-6-8-14(9-7-13)24-11-21-3/h6-10H,5,11H2,1-4H3. The van der Waals surface area contributed by atoms with Gasteiger partial charge in [-0.2, -0.15) is 0 Å². The Balaban J connectivity index is 2.45. The maximum absolute atomic E-state index is 12.4. The summed E-state index contributed by atoms with van der Waals surface area (Å²) in [4.78, 5) is 16.8. The smallest absolute Gasteiger partial charge is 0.340 e. The van der Waals surface area contributed by atoms with Crippen LogP contribution in [-0.2, 0) is 9.47 Å². The van der Waals surface area contributed by atoms with E-state index in [-0.39, 0.29) is 6.79 Å². The van der Waals surface area contributed by atoms with Crippen molar-refractivity contribution < 1.29 is 23.7 Å². The number of rotatable bonds is 7. The highest BCUT2D eigenvalue weighted by atomic mass is 16.7. The summed E-state index contributed by atoms with van der Waals surface area (Å²) >= 11 is 0. The van der Waals surface area contributed by atoms with E-state index in [4.69, 9.17) is 18.9 Å². The molecule has 24 heavy (non-hydrogen) atoms. The molecule has 0 amide bonds. The molecule has 0 unspecified atom stereocenters. The molecule has 1 aromatic carbocycles. The van der Waals surface area contributed by atoms with Crippen LogP contribution in [0.2, 0.25) is 0 Å². The van der Waals surface area contributed by atoms with Gasteiger partial charge in [0.05, 0.1) is 31.2 Å². The second-order valence-corrected chi connectivity index (χ2v) is 4.97. The van der Waals surface area contributed by atoms with Gasteiger partial charge in [-0.05, 0) is 38.1 Å². The van der Waals surface area contributed by atoms with Gasteiger partial charge in [-0.3, -0.25) is 4.98 Å². The van der Waals surface area contributed by atoms with Gasteiger partial charge in [-0.1, -0.05) is 0 Å². The Bertz CT molecular complexity index is 697. The Morgan fingerprint density at radius 2 is 1.88 bits per heavy atom. The van der Waals surface area contributed by atoms with Crippen molar-refractivity contribution in [1.29, 1.82) is 0 Å². The molecular formula is C18H21NO5. The zero-order valence-electron chi connectivity index (χ0n) is 14.3. The number of carbonyl (C=O) groups excluding carboxylic acids is 1. The average molecular weight is 331 g/mol. The van der Waals surface area contributed by atoms with Gasteiger partial charge < -0.3 is 18.9 Å². The lowest BCUT2D eigenvalue weighted by Gasteiger charge is -2.14. The molecule has 6 heteroatoms. The third-order valence-electron chi connectivity index (χ3n) is 3.46. The van der Waals surface area contributed by atoms with Crippen LogP contribution >= 0.6 is 0 Å². The van der Waals surface area contributed by atoms with Crippen LogP contribution in [0.25, 0.3) is 11.3 Å². The van der Waals surface area contributed by atoms with Gasteiger partial charge in [-0.15, -0.1) is 0 Å². The number of hydrogen-bond acceptors (Lipinski definition) is 6. The Morgan fingerprint density at radius 3 is 2.46 bits per heavy atom. The van der Waals surface area contributed by atoms with Crippen LogP contribution in [0.15, 0.2) is 30.5 Å². The van der Waals surface area contributed by atoms with E-state index in [0.29, 0.717) is 34.9 Å². The maximum atomic E-state index is 12.4. The van der Waals surface area contributed by atoms with Crippen molar-refractivity contribution in [3.8, 4) is 22.8 Å². The van der Waals surface area contributed by atoms with E-state index in [1.54, 1.807) is 39.5 Å². The number of benzene rings is 1. The molecule has 0 N–H and O–H groups in total. The van der Waals surface area contributed by atoms with Gasteiger partial charge in [0.2, 0.25) is 0 Å². The van der Waals surface area contributed by atoms with Crippen LogP contribution in [0.5, 0.6) is 11.5 Å². The predicted molar refractivity (Wildman–Crippen MR) is 89.4 cm³/mol. The van der Waals surface area contributed by atoms with Crippen molar-refractivity contribution in [2.45, 2.75) is 13.8 Å². The summed E-state index contributed by atoms with van der Waals surface area (Å²) in [5, 5.41) is 0. The van der Waals surface area contributed by atoms with E-state index in [0.717, 1.165) is 5.56 Å². The number of carbonyl (C=O) groups is 1. The largest absolute Gasteiger partial charge is 0.495 e. The second kappa shape index (κ2) is 8.31. The third kappa shape index (κ3) is 3.83. The molecule has 0 atom stereocenters. The molecule has 0 aliphatic carbocycles. The van der Waals surface area contributed by atoms with E-state index >= 15 is 0 Å². The molecule has 0 aliphatic heterocycles. The normalized spacial score (nSPS) is 10.3. The monoisotopic (exact) mass is 331 g/mol. The molecule has 0 saturated heterocycles. The summed E-state index contributed by atoms with van der Waals surface area (Å²) in [7, 11) is 3.10. The molecule has 0 aliphatic rings.